The number of nitrogens with two attached hydrogens (primary N) is 1. The fourth-order valence-electron chi connectivity index (χ4n) is 1.66. The van der Waals surface area contributed by atoms with Gasteiger partial charge in [0.2, 0.25) is 0 Å². The minimum absolute atomic E-state index is 0.372. The second-order valence-corrected chi connectivity index (χ2v) is 3.84. The normalized spacial score (nSPS) is 22.1. The molecule has 1 unspecified atom stereocenters. The first-order chi connectivity index (χ1) is 6.33. The molecule has 0 saturated carbocycles. The molecule has 1 atom stereocenters. The van der Waals surface area contributed by atoms with Crippen LogP contribution in [0.15, 0.2) is 21.8 Å². The third kappa shape index (κ3) is 1.42. The molecular formula is C9H13N3S. The highest BCUT2D eigenvalue weighted by Gasteiger charge is 2.25. The van der Waals surface area contributed by atoms with Crippen LogP contribution >= 0.6 is 11.3 Å². The highest BCUT2D eigenvalue weighted by molar-refractivity contribution is 7.07. The van der Waals surface area contributed by atoms with E-state index in [1.165, 1.54) is 5.56 Å². The molecule has 0 bridgehead atoms. The molecule has 0 amide bonds. The first-order valence-corrected chi connectivity index (χ1v) is 5.36. The van der Waals surface area contributed by atoms with E-state index in [2.05, 4.69) is 33.6 Å². The molecule has 0 radical (unpaired) electrons. The summed E-state index contributed by atoms with van der Waals surface area (Å²) in [5, 5.41) is 4.26. The molecule has 1 aromatic heterocycles. The molecule has 0 aliphatic carbocycles. The van der Waals surface area contributed by atoms with Crippen LogP contribution in [-0.4, -0.2) is 23.9 Å². The van der Waals surface area contributed by atoms with Crippen LogP contribution in [0.2, 0.25) is 0 Å². The van der Waals surface area contributed by atoms with Gasteiger partial charge in [0.1, 0.15) is 0 Å². The molecule has 2 heterocycles. The van der Waals surface area contributed by atoms with Crippen LogP contribution in [0, 0.1) is 0 Å². The minimum Gasteiger partial charge on any atom is -0.370 e. The van der Waals surface area contributed by atoms with Crippen molar-refractivity contribution in [3.63, 3.8) is 0 Å². The molecule has 4 heteroatoms. The van der Waals surface area contributed by atoms with Crippen LogP contribution in [0.5, 0.6) is 0 Å². The smallest absolute Gasteiger partial charge is 0.191 e. The van der Waals surface area contributed by atoms with Gasteiger partial charge >= 0.3 is 0 Å². The standard InChI is InChI=1S/C9H13N3S/c1-2-12-8(5-11-9(12)10)7-3-4-13-6-7/h3-4,6,8H,2,5H2,1H3,(H2,10,11). The molecule has 2 rings (SSSR count). The van der Waals surface area contributed by atoms with Crippen molar-refractivity contribution in [1.29, 1.82) is 0 Å². The van der Waals surface area contributed by atoms with Crippen molar-refractivity contribution < 1.29 is 0 Å². The van der Waals surface area contributed by atoms with Gasteiger partial charge in [0.25, 0.3) is 0 Å². The second-order valence-electron chi connectivity index (χ2n) is 3.06. The van der Waals surface area contributed by atoms with Gasteiger partial charge in [-0.05, 0) is 29.3 Å². The van der Waals surface area contributed by atoms with Crippen molar-refractivity contribution in [2.24, 2.45) is 10.7 Å². The Morgan fingerprint density at radius 2 is 2.62 bits per heavy atom. The maximum Gasteiger partial charge on any atom is 0.191 e. The highest BCUT2D eigenvalue weighted by Crippen LogP contribution is 2.26. The van der Waals surface area contributed by atoms with Crippen LogP contribution in [0.1, 0.15) is 18.5 Å². The van der Waals surface area contributed by atoms with Crippen molar-refractivity contribution in [2.75, 3.05) is 13.1 Å². The lowest BCUT2D eigenvalue weighted by Gasteiger charge is -2.23. The molecule has 70 valence electrons. The van der Waals surface area contributed by atoms with Crippen LogP contribution in [0.25, 0.3) is 0 Å². The second kappa shape index (κ2) is 3.38. The summed E-state index contributed by atoms with van der Waals surface area (Å²) in [6, 6.07) is 2.52. The van der Waals surface area contributed by atoms with E-state index in [-0.39, 0.29) is 0 Å². The lowest BCUT2D eigenvalue weighted by atomic mass is 10.1. The first-order valence-electron chi connectivity index (χ1n) is 4.41. The molecule has 2 N–H and O–H groups in total. The molecule has 1 aliphatic rings. The third-order valence-electron chi connectivity index (χ3n) is 2.37. The molecule has 0 fully saturated rings. The summed E-state index contributed by atoms with van der Waals surface area (Å²) in [5.41, 5.74) is 7.09. The van der Waals surface area contributed by atoms with E-state index in [4.69, 9.17) is 5.73 Å². The molecule has 3 nitrogen and oxygen atoms in total. The monoisotopic (exact) mass is 195 g/mol. The summed E-state index contributed by atoms with van der Waals surface area (Å²) in [4.78, 5) is 6.39. The van der Waals surface area contributed by atoms with Gasteiger partial charge in [-0.3, -0.25) is 4.99 Å². The number of likely N-dealkylation sites (N-methyl/N-ethyl adjacent to an activating group) is 1. The van der Waals surface area contributed by atoms with Crippen molar-refractivity contribution in [3.8, 4) is 0 Å². The maximum absolute atomic E-state index is 5.77. The van der Waals surface area contributed by atoms with Crippen LogP contribution in [0.4, 0.5) is 0 Å². The Labute approximate surface area is 81.9 Å². The Morgan fingerprint density at radius 1 is 1.77 bits per heavy atom. The zero-order valence-electron chi connectivity index (χ0n) is 7.60. The summed E-state index contributed by atoms with van der Waals surface area (Å²) in [6.07, 6.45) is 0. The summed E-state index contributed by atoms with van der Waals surface area (Å²) in [7, 11) is 0. The molecule has 1 aliphatic heterocycles. The number of guanidine groups is 1. The summed E-state index contributed by atoms with van der Waals surface area (Å²) in [6.45, 7) is 3.83. The third-order valence-corrected chi connectivity index (χ3v) is 3.07. The number of aliphatic imine (C=N–C) groups is 1. The molecule has 1 aromatic rings. The minimum atomic E-state index is 0.372. The van der Waals surface area contributed by atoms with Crippen molar-refractivity contribution in [3.05, 3.63) is 22.4 Å². The van der Waals surface area contributed by atoms with E-state index in [1.54, 1.807) is 11.3 Å². The number of hydrogen-bond donors (Lipinski definition) is 1. The average Bonchev–Trinajstić information content (AvgIpc) is 2.71. The highest BCUT2D eigenvalue weighted by atomic mass is 32.1. The molecule has 0 saturated heterocycles. The topological polar surface area (TPSA) is 41.6 Å². The number of hydrogen-bond acceptors (Lipinski definition) is 4. The summed E-state index contributed by atoms with van der Waals surface area (Å²) in [5.74, 6) is 0.679. The van der Waals surface area contributed by atoms with Crippen molar-refractivity contribution >= 4 is 17.3 Å². The maximum atomic E-state index is 5.77. The number of rotatable bonds is 2. The lowest BCUT2D eigenvalue weighted by molar-refractivity contribution is 0.365. The molecule has 13 heavy (non-hydrogen) atoms. The quantitative estimate of drug-likeness (QED) is 0.776. The Morgan fingerprint density at radius 3 is 3.23 bits per heavy atom. The van der Waals surface area contributed by atoms with E-state index in [0.717, 1.165) is 13.1 Å². The molecular weight excluding hydrogens is 182 g/mol. The fourth-order valence-corrected chi connectivity index (χ4v) is 2.37. The predicted molar refractivity (Wildman–Crippen MR) is 55.9 cm³/mol. The number of thiophene rings is 1. The summed E-state index contributed by atoms with van der Waals surface area (Å²) >= 11 is 1.72. The Balaban J connectivity index is 2.19. The van der Waals surface area contributed by atoms with Gasteiger partial charge in [0.15, 0.2) is 5.96 Å². The predicted octanol–water partition coefficient (Wildman–Crippen LogP) is 1.44. The van der Waals surface area contributed by atoms with E-state index >= 15 is 0 Å². The Bertz CT molecular complexity index is 305. The largest absolute Gasteiger partial charge is 0.370 e. The molecule has 0 spiro atoms. The van der Waals surface area contributed by atoms with E-state index in [0.29, 0.717) is 12.0 Å². The Kier molecular flexibility index (Phi) is 2.22. The van der Waals surface area contributed by atoms with Gasteiger partial charge < -0.3 is 10.6 Å². The van der Waals surface area contributed by atoms with Crippen LogP contribution in [0.3, 0.4) is 0 Å². The molecule has 0 aromatic carbocycles. The first kappa shape index (κ1) is 8.56. The van der Waals surface area contributed by atoms with E-state index in [9.17, 15) is 0 Å². The zero-order chi connectivity index (χ0) is 9.26. The Hall–Kier alpha value is -1.03. The fraction of sp³-hybridized carbons (Fsp3) is 0.444. The van der Waals surface area contributed by atoms with Crippen molar-refractivity contribution in [1.82, 2.24) is 4.90 Å². The zero-order valence-corrected chi connectivity index (χ0v) is 8.42. The van der Waals surface area contributed by atoms with Gasteiger partial charge in [0.05, 0.1) is 12.6 Å². The van der Waals surface area contributed by atoms with Crippen molar-refractivity contribution in [2.45, 2.75) is 13.0 Å². The van der Waals surface area contributed by atoms with Gasteiger partial charge in [-0.2, -0.15) is 11.3 Å². The van der Waals surface area contributed by atoms with Gasteiger partial charge in [-0.15, -0.1) is 0 Å². The van der Waals surface area contributed by atoms with E-state index in [1.807, 2.05) is 0 Å². The summed E-state index contributed by atoms with van der Waals surface area (Å²) < 4.78 is 0. The average molecular weight is 195 g/mol. The van der Waals surface area contributed by atoms with Crippen LogP contribution in [-0.2, 0) is 0 Å². The van der Waals surface area contributed by atoms with E-state index < -0.39 is 0 Å². The van der Waals surface area contributed by atoms with Gasteiger partial charge in [-0.25, -0.2) is 0 Å². The SMILES string of the molecule is CCN1C(N)=NCC1c1ccsc1. The van der Waals surface area contributed by atoms with Gasteiger partial charge in [-0.1, -0.05) is 0 Å². The van der Waals surface area contributed by atoms with Crippen LogP contribution < -0.4 is 5.73 Å². The lowest BCUT2D eigenvalue weighted by Crippen LogP contribution is -2.35. The number of nitrogens with zero attached hydrogens (tertiary/aromatic N) is 2. The van der Waals surface area contributed by atoms with Gasteiger partial charge in [0, 0.05) is 6.54 Å².